The number of aliphatic carboxylic acids is 1. The summed E-state index contributed by atoms with van der Waals surface area (Å²) in [6.45, 7) is 0.720. The topological polar surface area (TPSA) is 57.6 Å². The zero-order chi connectivity index (χ0) is 9.42. The van der Waals surface area contributed by atoms with E-state index in [-0.39, 0.29) is 18.4 Å². The summed E-state index contributed by atoms with van der Waals surface area (Å²) in [5.41, 5.74) is 0. The highest BCUT2D eigenvalue weighted by Crippen LogP contribution is 2.31. The monoisotopic (exact) mass is 201 g/mol. The summed E-state index contributed by atoms with van der Waals surface area (Å²) < 4.78 is 0. The number of carbonyl (C=O) groups is 2. The largest absolute Gasteiger partial charge is 0.481 e. The summed E-state index contributed by atoms with van der Waals surface area (Å²) in [5, 5.41) is 8.88. The molecule has 0 saturated carbocycles. The van der Waals surface area contributed by atoms with Crippen LogP contribution in [-0.4, -0.2) is 46.0 Å². The maximum absolute atomic E-state index is 11.4. The van der Waals surface area contributed by atoms with Crippen molar-refractivity contribution in [3.05, 3.63) is 0 Å². The van der Waals surface area contributed by atoms with Crippen LogP contribution in [0.5, 0.6) is 0 Å². The average molecular weight is 201 g/mol. The highest BCUT2D eigenvalue weighted by Gasteiger charge is 2.44. The van der Waals surface area contributed by atoms with Crippen molar-refractivity contribution >= 4 is 23.6 Å². The van der Waals surface area contributed by atoms with Gasteiger partial charge in [-0.1, -0.05) is 0 Å². The molecule has 4 nitrogen and oxygen atoms in total. The van der Waals surface area contributed by atoms with Crippen LogP contribution in [0.1, 0.15) is 6.42 Å². The second-order valence-corrected chi connectivity index (χ2v) is 4.53. The molecule has 1 amide bonds. The van der Waals surface area contributed by atoms with Crippen molar-refractivity contribution in [1.82, 2.24) is 4.90 Å². The van der Waals surface area contributed by atoms with Crippen LogP contribution in [0.3, 0.4) is 0 Å². The molecule has 2 saturated heterocycles. The van der Waals surface area contributed by atoms with Crippen LogP contribution >= 0.6 is 11.8 Å². The maximum Gasteiger partial charge on any atom is 0.309 e. The number of thioether (sulfide) groups is 1. The molecule has 1 N–H and O–H groups in total. The van der Waals surface area contributed by atoms with E-state index in [0.717, 1.165) is 18.1 Å². The van der Waals surface area contributed by atoms with Gasteiger partial charge in [0.1, 0.15) is 0 Å². The molecule has 5 heteroatoms. The van der Waals surface area contributed by atoms with Gasteiger partial charge in [0, 0.05) is 24.5 Å². The van der Waals surface area contributed by atoms with Gasteiger partial charge >= 0.3 is 5.97 Å². The van der Waals surface area contributed by atoms with Gasteiger partial charge in [-0.05, 0) is 0 Å². The SMILES string of the molecule is O=C(O)C1CC(=O)N2CCSCC12. The number of carboxylic acids is 1. The van der Waals surface area contributed by atoms with Gasteiger partial charge in [-0.25, -0.2) is 0 Å². The maximum atomic E-state index is 11.4. The molecular formula is C8H11NO3S. The van der Waals surface area contributed by atoms with Gasteiger partial charge < -0.3 is 10.0 Å². The van der Waals surface area contributed by atoms with Crippen molar-refractivity contribution in [1.29, 1.82) is 0 Å². The number of amides is 1. The smallest absolute Gasteiger partial charge is 0.309 e. The quantitative estimate of drug-likeness (QED) is 0.650. The Morgan fingerprint density at radius 2 is 2.38 bits per heavy atom. The summed E-state index contributed by atoms with van der Waals surface area (Å²) in [5.74, 6) is 0.429. The van der Waals surface area contributed by atoms with E-state index >= 15 is 0 Å². The van der Waals surface area contributed by atoms with E-state index in [1.54, 1.807) is 16.7 Å². The Morgan fingerprint density at radius 3 is 3.08 bits per heavy atom. The summed E-state index contributed by atoms with van der Waals surface area (Å²) in [6, 6.07) is -0.0521. The number of hydrogen-bond acceptors (Lipinski definition) is 3. The number of rotatable bonds is 1. The zero-order valence-electron chi connectivity index (χ0n) is 7.10. The molecule has 0 bridgehead atoms. The van der Waals surface area contributed by atoms with E-state index in [9.17, 15) is 9.59 Å². The first kappa shape index (κ1) is 8.87. The molecule has 2 fully saturated rings. The molecular weight excluding hydrogens is 190 g/mol. The second kappa shape index (κ2) is 3.21. The third kappa shape index (κ3) is 1.41. The Kier molecular flexibility index (Phi) is 2.19. The number of carboxylic acid groups (broad SMARTS) is 1. The lowest BCUT2D eigenvalue weighted by Crippen LogP contribution is -2.43. The van der Waals surface area contributed by atoms with Crippen LogP contribution < -0.4 is 0 Å². The van der Waals surface area contributed by atoms with E-state index in [1.807, 2.05) is 0 Å². The summed E-state index contributed by atoms with van der Waals surface area (Å²) in [4.78, 5) is 23.9. The van der Waals surface area contributed by atoms with Crippen molar-refractivity contribution < 1.29 is 14.7 Å². The molecule has 2 aliphatic rings. The first-order valence-electron chi connectivity index (χ1n) is 4.30. The fraction of sp³-hybridized carbons (Fsp3) is 0.750. The summed E-state index contributed by atoms with van der Waals surface area (Å²) >= 11 is 1.74. The lowest BCUT2D eigenvalue weighted by Gasteiger charge is -2.30. The Labute approximate surface area is 80.3 Å². The third-order valence-electron chi connectivity index (χ3n) is 2.66. The number of fused-ring (bicyclic) bond motifs is 1. The standard InChI is InChI=1S/C8H11NO3S/c10-7-3-5(8(11)12)6-4-13-2-1-9(6)7/h5-6H,1-4H2,(H,11,12). The molecule has 2 rings (SSSR count). The molecule has 2 aliphatic heterocycles. The lowest BCUT2D eigenvalue weighted by atomic mass is 10.0. The fourth-order valence-electron chi connectivity index (χ4n) is 1.96. The molecule has 2 heterocycles. The fourth-order valence-corrected chi connectivity index (χ4v) is 3.11. The highest BCUT2D eigenvalue weighted by atomic mass is 32.2. The van der Waals surface area contributed by atoms with Crippen molar-refractivity contribution in [3.8, 4) is 0 Å². The van der Waals surface area contributed by atoms with E-state index in [2.05, 4.69) is 0 Å². The molecule has 0 aliphatic carbocycles. The van der Waals surface area contributed by atoms with Crippen molar-refractivity contribution in [2.24, 2.45) is 5.92 Å². The zero-order valence-corrected chi connectivity index (χ0v) is 7.92. The number of hydrogen-bond donors (Lipinski definition) is 1. The predicted molar refractivity (Wildman–Crippen MR) is 48.6 cm³/mol. The second-order valence-electron chi connectivity index (χ2n) is 3.38. The van der Waals surface area contributed by atoms with E-state index < -0.39 is 11.9 Å². The van der Waals surface area contributed by atoms with Crippen molar-refractivity contribution in [3.63, 3.8) is 0 Å². The van der Waals surface area contributed by atoms with Gasteiger partial charge in [-0.2, -0.15) is 11.8 Å². The molecule has 72 valence electrons. The lowest BCUT2D eigenvalue weighted by molar-refractivity contribution is -0.142. The molecule has 13 heavy (non-hydrogen) atoms. The first-order valence-corrected chi connectivity index (χ1v) is 5.45. The number of carbonyl (C=O) groups excluding carboxylic acids is 1. The Morgan fingerprint density at radius 1 is 1.62 bits per heavy atom. The predicted octanol–water partition coefficient (Wildman–Crippen LogP) is 0.0349. The van der Waals surface area contributed by atoms with Gasteiger partial charge in [0.05, 0.1) is 12.0 Å². The van der Waals surface area contributed by atoms with Gasteiger partial charge in [-0.3, -0.25) is 9.59 Å². The van der Waals surface area contributed by atoms with Gasteiger partial charge in [-0.15, -0.1) is 0 Å². The van der Waals surface area contributed by atoms with Crippen LogP contribution in [0.2, 0.25) is 0 Å². The van der Waals surface area contributed by atoms with Crippen LogP contribution in [0.25, 0.3) is 0 Å². The molecule has 0 radical (unpaired) electrons. The molecule has 0 aromatic carbocycles. The van der Waals surface area contributed by atoms with Crippen LogP contribution in [-0.2, 0) is 9.59 Å². The van der Waals surface area contributed by atoms with Crippen molar-refractivity contribution in [2.75, 3.05) is 18.1 Å². The summed E-state index contributed by atoms with van der Waals surface area (Å²) in [7, 11) is 0. The Balaban J connectivity index is 2.17. The van der Waals surface area contributed by atoms with E-state index in [1.165, 1.54) is 0 Å². The molecule has 0 aromatic rings. The Bertz CT molecular complexity index is 256. The van der Waals surface area contributed by atoms with Crippen LogP contribution in [0.15, 0.2) is 0 Å². The van der Waals surface area contributed by atoms with Crippen LogP contribution in [0.4, 0.5) is 0 Å². The Hall–Kier alpha value is -0.710. The van der Waals surface area contributed by atoms with E-state index in [0.29, 0.717) is 0 Å². The normalized spacial score (nSPS) is 33.2. The average Bonchev–Trinajstić information content (AvgIpc) is 2.45. The third-order valence-corrected chi connectivity index (χ3v) is 3.71. The van der Waals surface area contributed by atoms with Crippen LogP contribution in [0, 0.1) is 5.92 Å². The van der Waals surface area contributed by atoms with Gasteiger partial charge in [0.2, 0.25) is 5.91 Å². The minimum atomic E-state index is -0.830. The molecule has 0 spiro atoms. The summed E-state index contributed by atoms with van der Waals surface area (Å²) in [6.07, 6.45) is 0.195. The molecule has 2 unspecified atom stereocenters. The van der Waals surface area contributed by atoms with E-state index in [4.69, 9.17) is 5.11 Å². The number of nitrogens with zero attached hydrogens (tertiary/aromatic N) is 1. The minimum Gasteiger partial charge on any atom is -0.481 e. The highest BCUT2D eigenvalue weighted by molar-refractivity contribution is 7.99. The van der Waals surface area contributed by atoms with Gasteiger partial charge in [0.15, 0.2) is 0 Å². The molecule has 0 aromatic heterocycles. The van der Waals surface area contributed by atoms with Crippen molar-refractivity contribution in [2.45, 2.75) is 12.5 Å². The molecule has 2 atom stereocenters. The minimum absolute atomic E-state index is 0.0118. The first-order chi connectivity index (χ1) is 6.20. The van der Waals surface area contributed by atoms with Gasteiger partial charge in [0.25, 0.3) is 0 Å².